The number of carbonyl (C=O) groups is 1. The first-order valence-electron chi connectivity index (χ1n) is 9.37. The van der Waals surface area contributed by atoms with Crippen LogP contribution in [0, 0.1) is 29.1 Å². The number of nitriles is 1. The molecule has 0 spiro atoms. The molecular weight excluding hydrogens is 298 g/mol. The Kier molecular flexibility index (Phi) is 5.56. The molecule has 3 heteroatoms. The van der Waals surface area contributed by atoms with Crippen molar-refractivity contribution in [2.24, 2.45) is 17.8 Å². The smallest absolute Gasteiger partial charge is 0.314 e. The number of nitrogens with zero attached hydrogens (tertiary/aromatic N) is 1. The molecular formula is C21H27NO2. The van der Waals surface area contributed by atoms with Gasteiger partial charge in [-0.25, -0.2) is 0 Å². The van der Waals surface area contributed by atoms with Gasteiger partial charge in [-0.1, -0.05) is 31.9 Å². The normalized spacial score (nSPS) is 30.3. The first kappa shape index (κ1) is 17.0. The van der Waals surface area contributed by atoms with Gasteiger partial charge in [0.1, 0.15) is 5.75 Å². The molecule has 0 radical (unpaired) electrons. The van der Waals surface area contributed by atoms with Crippen LogP contribution in [0.3, 0.4) is 0 Å². The van der Waals surface area contributed by atoms with Gasteiger partial charge in [0.05, 0.1) is 12.0 Å². The van der Waals surface area contributed by atoms with E-state index in [2.05, 4.69) is 25.1 Å². The number of carbonyl (C=O) groups excluding carboxylic acids is 1. The SMILES string of the molecule is C[C@H]1CC[C@H](c2ccc(OC(=O)[C@H]3CC[C@H](C#N)CC3)cc2)CC1. The lowest BCUT2D eigenvalue weighted by Crippen LogP contribution is -2.25. The molecule has 3 rings (SSSR count). The first-order chi connectivity index (χ1) is 11.7. The van der Waals surface area contributed by atoms with Crippen molar-refractivity contribution in [1.82, 2.24) is 0 Å². The maximum Gasteiger partial charge on any atom is 0.314 e. The molecule has 0 unspecified atom stereocenters. The maximum atomic E-state index is 12.3. The summed E-state index contributed by atoms with van der Waals surface area (Å²) in [6.07, 6.45) is 8.33. The Hall–Kier alpha value is -1.82. The predicted molar refractivity (Wildman–Crippen MR) is 93.5 cm³/mol. The minimum atomic E-state index is -0.134. The Bertz CT molecular complexity index is 585. The van der Waals surface area contributed by atoms with Crippen LogP contribution in [0.2, 0.25) is 0 Å². The minimum absolute atomic E-state index is 0.0471. The lowest BCUT2D eigenvalue weighted by molar-refractivity contribution is -0.140. The molecule has 2 aliphatic carbocycles. The highest BCUT2D eigenvalue weighted by Crippen LogP contribution is 2.36. The fourth-order valence-corrected chi connectivity index (χ4v) is 4.06. The van der Waals surface area contributed by atoms with Crippen molar-refractivity contribution in [2.45, 2.75) is 64.2 Å². The summed E-state index contributed by atoms with van der Waals surface area (Å²) in [5.41, 5.74) is 1.37. The topological polar surface area (TPSA) is 50.1 Å². The van der Waals surface area contributed by atoms with Crippen LogP contribution in [0.4, 0.5) is 0 Å². The summed E-state index contributed by atoms with van der Waals surface area (Å²) in [6, 6.07) is 10.4. The second kappa shape index (κ2) is 7.83. The maximum absolute atomic E-state index is 12.3. The van der Waals surface area contributed by atoms with Crippen LogP contribution in [0.5, 0.6) is 5.75 Å². The van der Waals surface area contributed by atoms with E-state index in [-0.39, 0.29) is 17.8 Å². The molecule has 1 aromatic rings. The second-order valence-corrected chi connectivity index (χ2v) is 7.62. The number of rotatable bonds is 3. The van der Waals surface area contributed by atoms with Gasteiger partial charge >= 0.3 is 5.97 Å². The van der Waals surface area contributed by atoms with E-state index in [1.165, 1.54) is 31.2 Å². The molecule has 2 saturated carbocycles. The molecule has 0 amide bonds. The van der Waals surface area contributed by atoms with E-state index in [1.54, 1.807) is 0 Å². The predicted octanol–water partition coefficient (Wildman–Crippen LogP) is 5.22. The van der Waals surface area contributed by atoms with E-state index in [0.29, 0.717) is 11.7 Å². The van der Waals surface area contributed by atoms with Crippen molar-refractivity contribution in [2.75, 3.05) is 0 Å². The molecule has 0 aromatic heterocycles. The van der Waals surface area contributed by atoms with Crippen molar-refractivity contribution in [1.29, 1.82) is 5.26 Å². The van der Waals surface area contributed by atoms with Gasteiger partial charge in [0.15, 0.2) is 0 Å². The third-order valence-corrected chi connectivity index (χ3v) is 5.83. The Morgan fingerprint density at radius 3 is 2.21 bits per heavy atom. The lowest BCUT2D eigenvalue weighted by Gasteiger charge is -2.26. The van der Waals surface area contributed by atoms with Gasteiger partial charge in [0.25, 0.3) is 0 Å². The fraction of sp³-hybridized carbons (Fsp3) is 0.619. The van der Waals surface area contributed by atoms with Crippen LogP contribution >= 0.6 is 0 Å². The Morgan fingerprint density at radius 1 is 1.00 bits per heavy atom. The largest absolute Gasteiger partial charge is 0.426 e. The van der Waals surface area contributed by atoms with Crippen LogP contribution in [0.25, 0.3) is 0 Å². The summed E-state index contributed by atoms with van der Waals surface area (Å²) in [4.78, 5) is 12.3. The molecule has 0 bridgehead atoms. The standard InChI is InChI=1S/C21H27NO2/c1-15-2-6-17(7-3-15)18-10-12-20(13-11-18)24-21(23)19-8-4-16(14-22)5-9-19/h10-13,15-17,19H,2-9H2,1H3/t15-,16-,17-,19-. The van der Waals surface area contributed by atoms with E-state index >= 15 is 0 Å². The zero-order chi connectivity index (χ0) is 16.9. The monoisotopic (exact) mass is 325 g/mol. The number of hydrogen-bond acceptors (Lipinski definition) is 3. The Morgan fingerprint density at radius 2 is 1.62 bits per heavy atom. The zero-order valence-electron chi connectivity index (χ0n) is 14.5. The number of hydrogen-bond donors (Lipinski definition) is 0. The van der Waals surface area contributed by atoms with Crippen molar-refractivity contribution in [3.63, 3.8) is 0 Å². The van der Waals surface area contributed by atoms with E-state index < -0.39 is 0 Å². The highest BCUT2D eigenvalue weighted by Gasteiger charge is 2.27. The summed E-state index contributed by atoms with van der Waals surface area (Å²) in [5.74, 6) is 2.10. The van der Waals surface area contributed by atoms with Crippen molar-refractivity contribution in [3.05, 3.63) is 29.8 Å². The van der Waals surface area contributed by atoms with Crippen LogP contribution in [-0.2, 0) is 4.79 Å². The third-order valence-electron chi connectivity index (χ3n) is 5.83. The van der Waals surface area contributed by atoms with Crippen LogP contribution in [0.1, 0.15) is 69.8 Å². The van der Waals surface area contributed by atoms with Gasteiger partial charge in [-0.3, -0.25) is 4.79 Å². The highest BCUT2D eigenvalue weighted by atomic mass is 16.5. The average Bonchev–Trinajstić information content (AvgIpc) is 2.63. The first-order valence-corrected chi connectivity index (χ1v) is 9.37. The number of esters is 1. The summed E-state index contributed by atoms with van der Waals surface area (Å²) in [5, 5.41) is 8.93. The van der Waals surface area contributed by atoms with E-state index in [1.807, 2.05) is 12.1 Å². The molecule has 2 aliphatic rings. The number of benzene rings is 1. The average molecular weight is 325 g/mol. The van der Waals surface area contributed by atoms with Gasteiger partial charge in [-0.05, 0) is 68.1 Å². The Labute approximate surface area is 145 Å². The molecule has 0 atom stereocenters. The molecule has 0 N–H and O–H groups in total. The van der Waals surface area contributed by atoms with Crippen molar-refractivity contribution < 1.29 is 9.53 Å². The second-order valence-electron chi connectivity index (χ2n) is 7.62. The molecule has 3 nitrogen and oxygen atoms in total. The van der Waals surface area contributed by atoms with Crippen LogP contribution in [-0.4, -0.2) is 5.97 Å². The van der Waals surface area contributed by atoms with Gasteiger partial charge in [0, 0.05) is 5.92 Å². The zero-order valence-corrected chi connectivity index (χ0v) is 14.5. The van der Waals surface area contributed by atoms with Gasteiger partial charge < -0.3 is 4.74 Å². The molecule has 0 heterocycles. The van der Waals surface area contributed by atoms with Gasteiger partial charge in [0.2, 0.25) is 0 Å². The summed E-state index contributed by atoms with van der Waals surface area (Å²) in [6.45, 7) is 2.34. The summed E-state index contributed by atoms with van der Waals surface area (Å²) >= 11 is 0. The third kappa shape index (κ3) is 4.17. The Balaban J connectivity index is 1.53. The van der Waals surface area contributed by atoms with Crippen LogP contribution in [0.15, 0.2) is 24.3 Å². The summed E-state index contributed by atoms with van der Waals surface area (Å²) < 4.78 is 5.56. The molecule has 24 heavy (non-hydrogen) atoms. The highest BCUT2D eigenvalue weighted by molar-refractivity contribution is 5.75. The van der Waals surface area contributed by atoms with Crippen LogP contribution < -0.4 is 4.74 Å². The lowest BCUT2D eigenvalue weighted by atomic mass is 9.79. The minimum Gasteiger partial charge on any atom is -0.426 e. The fourth-order valence-electron chi connectivity index (χ4n) is 4.06. The quantitative estimate of drug-likeness (QED) is 0.566. The van der Waals surface area contributed by atoms with Crippen molar-refractivity contribution >= 4 is 5.97 Å². The summed E-state index contributed by atoms with van der Waals surface area (Å²) in [7, 11) is 0. The van der Waals surface area contributed by atoms with E-state index in [4.69, 9.17) is 10.00 Å². The van der Waals surface area contributed by atoms with Crippen molar-refractivity contribution in [3.8, 4) is 11.8 Å². The number of ether oxygens (including phenoxy) is 1. The molecule has 2 fully saturated rings. The molecule has 0 saturated heterocycles. The molecule has 1 aromatic carbocycles. The van der Waals surface area contributed by atoms with E-state index in [0.717, 1.165) is 31.6 Å². The van der Waals surface area contributed by atoms with Gasteiger partial charge in [-0.2, -0.15) is 5.26 Å². The van der Waals surface area contributed by atoms with Gasteiger partial charge in [-0.15, -0.1) is 0 Å². The molecule has 0 aliphatic heterocycles. The molecule has 128 valence electrons. The van der Waals surface area contributed by atoms with E-state index in [9.17, 15) is 4.79 Å².